The molecule has 0 spiro atoms. The average molecular weight is 253 g/mol. The molecule has 2 fully saturated rings. The van der Waals surface area contributed by atoms with Crippen LogP contribution in [0.25, 0.3) is 0 Å². The molecule has 102 valence electrons. The SMILES string of the molecule is CC(C)[C@H](N)C(=O)NCC(=O)N1CC2CCC1C2. The predicted octanol–water partition coefficient (Wildman–Crippen LogP) is 0.0968. The highest BCUT2D eigenvalue weighted by atomic mass is 16.2. The van der Waals surface area contributed by atoms with Crippen LogP contribution in [0.15, 0.2) is 0 Å². The molecule has 0 aromatic carbocycles. The summed E-state index contributed by atoms with van der Waals surface area (Å²) in [7, 11) is 0. The fourth-order valence-electron chi connectivity index (χ4n) is 2.92. The summed E-state index contributed by atoms with van der Waals surface area (Å²) in [5, 5.41) is 2.64. The molecule has 2 aliphatic rings. The highest BCUT2D eigenvalue weighted by Crippen LogP contribution is 2.37. The van der Waals surface area contributed by atoms with Crippen molar-refractivity contribution in [1.29, 1.82) is 0 Å². The first-order chi connectivity index (χ1) is 8.49. The summed E-state index contributed by atoms with van der Waals surface area (Å²) < 4.78 is 0. The van der Waals surface area contributed by atoms with E-state index in [4.69, 9.17) is 5.73 Å². The molecule has 2 bridgehead atoms. The van der Waals surface area contributed by atoms with Gasteiger partial charge in [0.2, 0.25) is 11.8 Å². The van der Waals surface area contributed by atoms with E-state index in [2.05, 4.69) is 5.32 Å². The topological polar surface area (TPSA) is 75.4 Å². The first-order valence-electron chi connectivity index (χ1n) is 6.81. The second kappa shape index (κ2) is 5.26. The molecule has 1 aliphatic heterocycles. The second-order valence-electron chi connectivity index (χ2n) is 5.87. The minimum absolute atomic E-state index is 0.0338. The number of nitrogens with one attached hydrogen (secondary N) is 1. The molecule has 5 heteroatoms. The van der Waals surface area contributed by atoms with E-state index >= 15 is 0 Å². The smallest absolute Gasteiger partial charge is 0.242 e. The number of carbonyl (C=O) groups excluding carboxylic acids is 2. The van der Waals surface area contributed by atoms with E-state index in [-0.39, 0.29) is 24.3 Å². The second-order valence-corrected chi connectivity index (χ2v) is 5.87. The Morgan fingerprint density at radius 3 is 2.61 bits per heavy atom. The van der Waals surface area contributed by atoms with Crippen LogP contribution in [0.2, 0.25) is 0 Å². The largest absolute Gasteiger partial charge is 0.346 e. The van der Waals surface area contributed by atoms with Crippen molar-refractivity contribution in [2.24, 2.45) is 17.6 Å². The molecule has 0 radical (unpaired) electrons. The fraction of sp³-hybridized carbons (Fsp3) is 0.846. The van der Waals surface area contributed by atoms with Crippen LogP contribution in [0.5, 0.6) is 0 Å². The summed E-state index contributed by atoms with van der Waals surface area (Å²) in [4.78, 5) is 25.6. The van der Waals surface area contributed by atoms with Gasteiger partial charge in [-0.1, -0.05) is 13.8 Å². The Balaban J connectivity index is 1.77. The van der Waals surface area contributed by atoms with E-state index in [0.29, 0.717) is 12.0 Å². The summed E-state index contributed by atoms with van der Waals surface area (Å²) in [5.41, 5.74) is 5.72. The van der Waals surface area contributed by atoms with Gasteiger partial charge in [0.25, 0.3) is 0 Å². The summed E-state index contributed by atoms with van der Waals surface area (Å²) in [5.74, 6) is 0.574. The van der Waals surface area contributed by atoms with Crippen LogP contribution in [0.4, 0.5) is 0 Å². The molecule has 2 rings (SSSR count). The lowest BCUT2D eigenvalue weighted by Gasteiger charge is -2.27. The van der Waals surface area contributed by atoms with Gasteiger partial charge in [0.15, 0.2) is 0 Å². The minimum Gasteiger partial charge on any atom is -0.346 e. The van der Waals surface area contributed by atoms with Gasteiger partial charge in [-0.15, -0.1) is 0 Å². The van der Waals surface area contributed by atoms with Crippen molar-refractivity contribution >= 4 is 11.8 Å². The number of carbonyl (C=O) groups is 2. The normalized spacial score (nSPS) is 27.7. The summed E-state index contributed by atoms with van der Waals surface area (Å²) >= 11 is 0. The molecule has 2 unspecified atom stereocenters. The Labute approximate surface area is 108 Å². The molecular weight excluding hydrogens is 230 g/mol. The number of amides is 2. The maximum Gasteiger partial charge on any atom is 0.242 e. The quantitative estimate of drug-likeness (QED) is 0.746. The Morgan fingerprint density at radius 2 is 2.11 bits per heavy atom. The lowest BCUT2D eigenvalue weighted by molar-refractivity contribution is -0.134. The molecule has 2 amide bonds. The van der Waals surface area contributed by atoms with Crippen molar-refractivity contribution in [2.45, 2.75) is 45.2 Å². The number of rotatable bonds is 4. The van der Waals surface area contributed by atoms with Crippen molar-refractivity contribution in [2.75, 3.05) is 13.1 Å². The van der Waals surface area contributed by atoms with Gasteiger partial charge < -0.3 is 16.0 Å². The monoisotopic (exact) mass is 253 g/mol. The Hall–Kier alpha value is -1.10. The third-order valence-electron chi connectivity index (χ3n) is 4.16. The minimum atomic E-state index is -0.534. The van der Waals surface area contributed by atoms with Gasteiger partial charge in [-0.05, 0) is 31.1 Å². The van der Waals surface area contributed by atoms with Gasteiger partial charge in [-0.3, -0.25) is 9.59 Å². The zero-order chi connectivity index (χ0) is 13.3. The van der Waals surface area contributed by atoms with E-state index in [1.807, 2.05) is 18.7 Å². The molecule has 3 N–H and O–H groups in total. The first-order valence-corrected chi connectivity index (χ1v) is 6.81. The number of nitrogens with two attached hydrogens (primary N) is 1. The van der Waals surface area contributed by atoms with Crippen LogP contribution in [0, 0.1) is 11.8 Å². The number of hydrogen-bond acceptors (Lipinski definition) is 3. The number of hydrogen-bond donors (Lipinski definition) is 2. The number of nitrogens with zero attached hydrogens (tertiary/aromatic N) is 1. The van der Waals surface area contributed by atoms with Gasteiger partial charge in [0.1, 0.15) is 0 Å². The summed E-state index contributed by atoms with van der Waals surface area (Å²) in [6.07, 6.45) is 3.51. The van der Waals surface area contributed by atoms with Gasteiger partial charge in [0.05, 0.1) is 12.6 Å². The molecule has 1 saturated heterocycles. The number of fused-ring (bicyclic) bond motifs is 2. The van der Waals surface area contributed by atoms with E-state index in [1.54, 1.807) is 0 Å². The molecule has 1 heterocycles. The number of piperidine rings is 1. The van der Waals surface area contributed by atoms with Gasteiger partial charge in [-0.25, -0.2) is 0 Å². The van der Waals surface area contributed by atoms with Crippen LogP contribution < -0.4 is 11.1 Å². The Bertz CT molecular complexity index is 343. The van der Waals surface area contributed by atoms with E-state index in [1.165, 1.54) is 6.42 Å². The standard InChI is InChI=1S/C13H23N3O2/c1-8(2)12(14)13(18)15-6-11(17)16-7-9-3-4-10(16)5-9/h8-10,12H,3-7,14H2,1-2H3,(H,15,18)/t9?,10?,12-/m0/s1. The number of likely N-dealkylation sites (tertiary alicyclic amines) is 1. The molecule has 1 aliphatic carbocycles. The van der Waals surface area contributed by atoms with E-state index in [0.717, 1.165) is 19.4 Å². The average Bonchev–Trinajstić information content (AvgIpc) is 2.96. The van der Waals surface area contributed by atoms with Crippen molar-refractivity contribution in [1.82, 2.24) is 10.2 Å². The van der Waals surface area contributed by atoms with Crippen LogP contribution in [-0.2, 0) is 9.59 Å². The maximum absolute atomic E-state index is 12.0. The van der Waals surface area contributed by atoms with E-state index in [9.17, 15) is 9.59 Å². The van der Waals surface area contributed by atoms with E-state index < -0.39 is 6.04 Å². The Morgan fingerprint density at radius 1 is 1.39 bits per heavy atom. The van der Waals surface area contributed by atoms with Crippen LogP contribution in [0.3, 0.4) is 0 Å². The first kappa shape index (κ1) is 13.3. The highest BCUT2D eigenvalue weighted by molar-refractivity contribution is 5.87. The van der Waals surface area contributed by atoms with Gasteiger partial charge >= 0.3 is 0 Å². The molecule has 0 aromatic heterocycles. The van der Waals surface area contributed by atoms with Crippen molar-refractivity contribution in [3.63, 3.8) is 0 Å². The predicted molar refractivity (Wildman–Crippen MR) is 68.7 cm³/mol. The molecule has 18 heavy (non-hydrogen) atoms. The lowest BCUT2D eigenvalue weighted by atomic mass is 10.1. The van der Waals surface area contributed by atoms with Gasteiger partial charge in [0, 0.05) is 12.6 Å². The van der Waals surface area contributed by atoms with Crippen LogP contribution in [0.1, 0.15) is 33.1 Å². The summed E-state index contributed by atoms with van der Waals surface area (Å²) in [6, 6.07) is -0.119. The maximum atomic E-state index is 12.0. The molecule has 3 atom stereocenters. The van der Waals surface area contributed by atoms with Crippen LogP contribution >= 0.6 is 0 Å². The van der Waals surface area contributed by atoms with Gasteiger partial charge in [-0.2, -0.15) is 0 Å². The van der Waals surface area contributed by atoms with Crippen molar-refractivity contribution in [3.8, 4) is 0 Å². The molecule has 0 aromatic rings. The zero-order valence-electron chi connectivity index (χ0n) is 11.2. The van der Waals surface area contributed by atoms with Crippen molar-refractivity contribution < 1.29 is 9.59 Å². The molecule has 5 nitrogen and oxygen atoms in total. The third kappa shape index (κ3) is 2.66. The third-order valence-corrected chi connectivity index (χ3v) is 4.16. The fourth-order valence-corrected chi connectivity index (χ4v) is 2.92. The zero-order valence-corrected chi connectivity index (χ0v) is 11.2. The summed E-state index contributed by atoms with van der Waals surface area (Å²) in [6.45, 7) is 4.75. The molecule has 1 saturated carbocycles. The lowest BCUT2D eigenvalue weighted by Crippen LogP contribution is -2.49. The van der Waals surface area contributed by atoms with Crippen LogP contribution in [-0.4, -0.2) is 41.9 Å². The van der Waals surface area contributed by atoms with Crippen molar-refractivity contribution in [3.05, 3.63) is 0 Å². The molecular formula is C13H23N3O2. The highest BCUT2D eigenvalue weighted by Gasteiger charge is 2.40. The Kier molecular flexibility index (Phi) is 3.90.